The Bertz CT molecular complexity index is 855. The molecule has 0 aromatic heterocycles. The molecule has 170 valence electrons. The summed E-state index contributed by atoms with van der Waals surface area (Å²) in [6, 6.07) is 19.1. The number of rotatable bonds is 3. The zero-order valence-electron chi connectivity index (χ0n) is 19.6. The molecule has 32 heavy (non-hydrogen) atoms. The molecule has 0 nitrogen and oxygen atoms in total. The molecular formula is C30H40P2. The van der Waals surface area contributed by atoms with Crippen LogP contribution in [0.2, 0.25) is 0 Å². The van der Waals surface area contributed by atoms with Gasteiger partial charge in [-0.3, -0.25) is 0 Å². The van der Waals surface area contributed by atoms with Crippen LogP contribution in [0.15, 0.2) is 48.5 Å². The summed E-state index contributed by atoms with van der Waals surface area (Å²) in [5.41, 5.74) is 6.31. The van der Waals surface area contributed by atoms with Crippen molar-refractivity contribution in [2.45, 2.75) is 87.4 Å². The summed E-state index contributed by atoms with van der Waals surface area (Å²) in [5, 5.41) is 0.521. The van der Waals surface area contributed by atoms with Crippen molar-refractivity contribution in [1.82, 2.24) is 0 Å². The van der Waals surface area contributed by atoms with E-state index >= 15 is 0 Å². The summed E-state index contributed by atoms with van der Waals surface area (Å²) in [6.07, 6.45) is 17.0. The molecule has 2 aromatic carbocycles. The highest BCUT2D eigenvalue weighted by Crippen LogP contribution is 2.62. The molecule has 4 bridgehead atoms. The van der Waals surface area contributed by atoms with Gasteiger partial charge in [-0.15, -0.1) is 18.5 Å². The van der Waals surface area contributed by atoms with Crippen molar-refractivity contribution >= 4 is 18.5 Å². The highest BCUT2D eigenvalue weighted by molar-refractivity contribution is 7.18. The summed E-state index contributed by atoms with van der Waals surface area (Å²) in [6.45, 7) is 0. The normalized spacial score (nSPS) is 38.9. The van der Waals surface area contributed by atoms with Crippen molar-refractivity contribution in [3.63, 3.8) is 0 Å². The van der Waals surface area contributed by atoms with E-state index in [1.54, 1.807) is 11.1 Å². The Morgan fingerprint density at radius 3 is 1.06 bits per heavy atom. The van der Waals surface area contributed by atoms with Crippen LogP contribution in [0.5, 0.6) is 0 Å². The third-order valence-electron chi connectivity index (χ3n) is 10.2. The SMILES string of the molecule is PC1(c2ccccc2-c2ccccc2C2(P)C3CCCC2CCC3)C2CCCC1CCC2. The Kier molecular flexibility index (Phi) is 5.80. The smallest absolute Gasteiger partial charge is 0.0160 e. The molecule has 2 atom stereocenters. The topological polar surface area (TPSA) is 0 Å². The van der Waals surface area contributed by atoms with Gasteiger partial charge in [0.15, 0.2) is 0 Å². The first-order chi connectivity index (χ1) is 15.6. The largest absolute Gasteiger partial charge is 0.126 e. The van der Waals surface area contributed by atoms with Crippen LogP contribution in [0.25, 0.3) is 11.1 Å². The molecule has 2 heteroatoms. The van der Waals surface area contributed by atoms with E-state index in [2.05, 4.69) is 67.0 Å². The van der Waals surface area contributed by atoms with Gasteiger partial charge in [-0.1, -0.05) is 74.2 Å². The molecule has 6 rings (SSSR count). The van der Waals surface area contributed by atoms with E-state index < -0.39 is 0 Å². The van der Waals surface area contributed by atoms with Gasteiger partial charge >= 0.3 is 0 Å². The quantitative estimate of drug-likeness (QED) is 0.400. The average molecular weight is 463 g/mol. The van der Waals surface area contributed by atoms with Gasteiger partial charge in [0.05, 0.1) is 0 Å². The van der Waals surface area contributed by atoms with Crippen molar-refractivity contribution in [2.24, 2.45) is 23.7 Å². The van der Waals surface area contributed by atoms with E-state index in [0.717, 1.165) is 23.7 Å². The van der Waals surface area contributed by atoms with E-state index in [4.69, 9.17) is 0 Å². The molecule has 0 radical (unpaired) electrons. The molecule has 0 amide bonds. The van der Waals surface area contributed by atoms with Crippen LogP contribution in [0.1, 0.15) is 88.2 Å². The molecule has 0 N–H and O–H groups in total. The molecule has 4 aliphatic carbocycles. The van der Waals surface area contributed by atoms with Gasteiger partial charge in [0.2, 0.25) is 0 Å². The molecule has 0 aliphatic heterocycles. The van der Waals surface area contributed by atoms with Crippen molar-refractivity contribution in [3.8, 4) is 11.1 Å². The second-order valence-electron chi connectivity index (χ2n) is 11.5. The first-order valence-corrected chi connectivity index (χ1v) is 14.6. The summed E-state index contributed by atoms with van der Waals surface area (Å²) in [4.78, 5) is 0. The van der Waals surface area contributed by atoms with Gasteiger partial charge in [-0.25, -0.2) is 0 Å². The minimum absolute atomic E-state index is 0.261. The zero-order chi connectivity index (χ0) is 21.8. The molecule has 4 fully saturated rings. The Hall–Kier alpha value is -0.700. The summed E-state index contributed by atoms with van der Waals surface area (Å²) in [5.74, 6) is 3.30. The first-order valence-electron chi connectivity index (χ1n) is 13.4. The van der Waals surface area contributed by atoms with Gasteiger partial charge in [-0.05, 0) is 97.3 Å². The first kappa shape index (κ1) is 21.8. The Balaban J connectivity index is 1.51. The van der Waals surface area contributed by atoms with E-state index in [1.165, 1.54) is 88.2 Å². The Morgan fingerprint density at radius 1 is 0.469 bits per heavy atom. The maximum atomic E-state index is 3.46. The molecule has 0 saturated heterocycles. The molecule has 0 spiro atoms. The molecule has 0 heterocycles. The Labute approximate surface area is 200 Å². The Morgan fingerprint density at radius 2 is 0.750 bits per heavy atom. The maximum absolute atomic E-state index is 3.46. The lowest BCUT2D eigenvalue weighted by molar-refractivity contribution is 0.121. The molecule has 2 aromatic rings. The summed E-state index contributed by atoms with van der Waals surface area (Å²) < 4.78 is 0. The predicted octanol–water partition coefficient (Wildman–Crippen LogP) is 8.69. The second kappa shape index (κ2) is 8.51. The number of hydrogen-bond acceptors (Lipinski definition) is 0. The second-order valence-corrected chi connectivity index (χ2v) is 13.4. The average Bonchev–Trinajstić information content (AvgIpc) is 2.78. The minimum Gasteiger partial charge on any atom is -0.126 e. The maximum Gasteiger partial charge on any atom is 0.0160 e. The van der Waals surface area contributed by atoms with Crippen LogP contribution in [0.3, 0.4) is 0 Å². The highest BCUT2D eigenvalue weighted by atomic mass is 31.0. The van der Waals surface area contributed by atoms with Crippen LogP contribution in [0, 0.1) is 23.7 Å². The van der Waals surface area contributed by atoms with Gasteiger partial charge in [0.25, 0.3) is 0 Å². The predicted molar refractivity (Wildman–Crippen MR) is 144 cm³/mol. The van der Waals surface area contributed by atoms with Gasteiger partial charge in [-0.2, -0.15) is 0 Å². The lowest BCUT2D eigenvalue weighted by Crippen LogP contribution is -2.44. The van der Waals surface area contributed by atoms with Crippen molar-refractivity contribution in [3.05, 3.63) is 59.7 Å². The monoisotopic (exact) mass is 462 g/mol. The fourth-order valence-electron chi connectivity index (χ4n) is 8.67. The fraction of sp³-hybridized carbons (Fsp3) is 0.600. The van der Waals surface area contributed by atoms with Crippen LogP contribution in [-0.2, 0) is 10.3 Å². The number of hydrogen-bond donors (Lipinski definition) is 0. The van der Waals surface area contributed by atoms with E-state index in [-0.39, 0.29) is 10.3 Å². The molecule has 2 unspecified atom stereocenters. The van der Waals surface area contributed by atoms with E-state index in [1.807, 2.05) is 0 Å². The minimum atomic E-state index is 0.261. The van der Waals surface area contributed by atoms with Crippen LogP contribution in [0.4, 0.5) is 0 Å². The molecular weight excluding hydrogens is 422 g/mol. The van der Waals surface area contributed by atoms with Crippen molar-refractivity contribution in [1.29, 1.82) is 0 Å². The molecule has 4 aliphatic rings. The highest BCUT2D eigenvalue weighted by Gasteiger charge is 2.50. The van der Waals surface area contributed by atoms with Crippen LogP contribution >= 0.6 is 18.5 Å². The number of benzene rings is 2. The standard InChI is InChI=1S/C30H40P2/c31-29(21-9-5-10-22(29)12-6-11-21)27-19-3-1-17-25(27)26-18-2-4-20-28(26)30(32)23-13-7-14-24(30)16-8-15-23/h1-4,17-24H,5-16,31-32H2. The number of fused-ring (bicyclic) bond motifs is 4. The summed E-state index contributed by atoms with van der Waals surface area (Å²) in [7, 11) is 6.92. The van der Waals surface area contributed by atoms with E-state index in [9.17, 15) is 0 Å². The zero-order valence-corrected chi connectivity index (χ0v) is 21.9. The van der Waals surface area contributed by atoms with Crippen LogP contribution < -0.4 is 0 Å². The van der Waals surface area contributed by atoms with Crippen molar-refractivity contribution < 1.29 is 0 Å². The third kappa shape index (κ3) is 3.23. The lowest BCUT2D eigenvalue weighted by atomic mass is 9.59. The van der Waals surface area contributed by atoms with Gasteiger partial charge in [0, 0.05) is 10.3 Å². The third-order valence-corrected chi connectivity index (χ3v) is 12.7. The van der Waals surface area contributed by atoms with Gasteiger partial charge < -0.3 is 0 Å². The van der Waals surface area contributed by atoms with Crippen molar-refractivity contribution in [2.75, 3.05) is 0 Å². The summed E-state index contributed by atoms with van der Waals surface area (Å²) >= 11 is 0. The van der Waals surface area contributed by atoms with Gasteiger partial charge in [0.1, 0.15) is 0 Å². The molecule has 4 saturated carbocycles. The van der Waals surface area contributed by atoms with E-state index in [0.29, 0.717) is 0 Å². The fourth-order valence-corrected chi connectivity index (χ4v) is 10.5. The van der Waals surface area contributed by atoms with Crippen LogP contribution in [-0.4, -0.2) is 0 Å². The lowest BCUT2D eigenvalue weighted by Gasteiger charge is -2.53.